The largest absolute Gasteiger partial charge is 0.310 e. The molecule has 1 aromatic rings. The third-order valence-corrected chi connectivity index (χ3v) is 2.58. The van der Waals surface area contributed by atoms with Gasteiger partial charge >= 0.3 is 0 Å². The highest BCUT2D eigenvalue weighted by molar-refractivity contribution is 5.10. The van der Waals surface area contributed by atoms with Gasteiger partial charge in [-0.2, -0.15) is 5.10 Å². The third-order valence-electron chi connectivity index (χ3n) is 2.58. The summed E-state index contributed by atoms with van der Waals surface area (Å²) < 4.78 is 0. The smallest absolute Gasteiger partial charge is 0.0535 e. The zero-order valence-corrected chi connectivity index (χ0v) is 7.38. The van der Waals surface area contributed by atoms with Crippen LogP contribution < -0.4 is 5.32 Å². The van der Waals surface area contributed by atoms with Crippen LogP contribution in [0.2, 0.25) is 0 Å². The van der Waals surface area contributed by atoms with Crippen molar-refractivity contribution in [3.8, 4) is 0 Å². The van der Waals surface area contributed by atoms with Crippen molar-refractivity contribution in [3.63, 3.8) is 0 Å². The first-order chi connectivity index (χ1) is 5.86. The molecule has 12 heavy (non-hydrogen) atoms. The van der Waals surface area contributed by atoms with E-state index < -0.39 is 0 Å². The number of aromatic amines is 1. The standard InChI is InChI=1S/C9H15N3/c1-7-2-3-9(10-4-7)8-5-11-12-6-8/h5-7,9-10H,2-4H2,1H3,(H,11,12)/t7?,9-/m0/s1. The van der Waals surface area contributed by atoms with Gasteiger partial charge in [-0.25, -0.2) is 0 Å². The highest BCUT2D eigenvalue weighted by Gasteiger charge is 2.18. The molecule has 1 saturated heterocycles. The Kier molecular flexibility index (Phi) is 2.13. The summed E-state index contributed by atoms with van der Waals surface area (Å²) >= 11 is 0. The summed E-state index contributed by atoms with van der Waals surface area (Å²) in [5.41, 5.74) is 1.29. The van der Waals surface area contributed by atoms with Crippen LogP contribution in [0.3, 0.4) is 0 Å². The maximum Gasteiger partial charge on any atom is 0.0535 e. The van der Waals surface area contributed by atoms with Crippen LogP contribution >= 0.6 is 0 Å². The van der Waals surface area contributed by atoms with E-state index in [-0.39, 0.29) is 0 Å². The summed E-state index contributed by atoms with van der Waals surface area (Å²) in [7, 11) is 0. The maximum atomic E-state index is 3.95. The van der Waals surface area contributed by atoms with Gasteiger partial charge in [0, 0.05) is 17.8 Å². The zero-order valence-electron chi connectivity index (χ0n) is 7.38. The first-order valence-electron chi connectivity index (χ1n) is 4.58. The predicted octanol–water partition coefficient (Wildman–Crippen LogP) is 1.47. The number of piperidine rings is 1. The molecule has 2 heterocycles. The lowest BCUT2D eigenvalue weighted by atomic mass is 9.94. The summed E-state index contributed by atoms with van der Waals surface area (Å²) in [4.78, 5) is 0. The van der Waals surface area contributed by atoms with Crippen LogP contribution in [0.25, 0.3) is 0 Å². The molecular formula is C9H15N3. The van der Waals surface area contributed by atoms with E-state index in [0.717, 1.165) is 12.5 Å². The van der Waals surface area contributed by atoms with Gasteiger partial charge in [-0.05, 0) is 25.3 Å². The number of nitrogens with one attached hydrogen (secondary N) is 2. The Bertz CT molecular complexity index is 222. The minimum Gasteiger partial charge on any atom is -0.310 e. The van der Waals surface area contributed by atoms with E-state index in [2.05, 4.69) is 22.4 Å². The van der Waals surface area contributed by atoms with Gasteiger partial charge in [-0.15, -0.1) is 0 Å². The van der Waals surface area contributed by atoms with Gasteiger partial charge in [-0.3, -0.25) is 5.10 Å². The fourth-order valence-electron chi connectivity index (χ4n) is 1.73. The molecule has 2 atom stereocenters. The molecule has 2 rings (SSSR count). The second-order valence-corrected chi connectivity index (χ2v) is 3.67. The van der Waals surface area contributed by atoms with Gasteiger partial charge in [-0.1, -0.05) is 6.92 Å². The van der Waals surface area contributed by atoms with Gasteiger partial charge in [0.05, 0.1) is 6.20 Å². The Morgan fingerprint density at radius 3 is 3.00 bits per heavy atom. The van der Waals surface area contributed by atoms with Crippen LogP contribution in [0.1, 0.15) is 31.4 Å². The Labute approximate surface area is 72.6 Å². The fraction of sp³-hybridized carbons (Fsp3) is 0.667. The molecule has 2 N–H and O–H groups in total. The Morgan fingerprint density at radius 2 is 2.42 bits per heavy atom. The van der Waals surface area contributed by atoms with E-state index >= 15 is 0 Å². The molecule has 3 nitrogen and oxygen atoms in total. The summed E-state index contributed by atoms with van der Waals surface area (Å²) in [5.74, 6) is 0.827. The van der Waals surface area contributed by atoms with Crippen molar-refractivity contribution in [3.05, 3.63) is 18.0 Å². The molecule has 0 spiro atoms. The number of rotatable bonds is 1. The van der Waals surface area contributed by atoms with Crippen molar-refractivity contribution < 1.29 is 0 Å². The first-order valence-corrected chi connectivity index (χ1v) is 4.58. The van der Waals surface area contributed by atoms with Crippen LogP contribution in [0.15, 0.2) is 12.4 Å². The molecular weight excluding hydrogens is 150 g/mol. The second-order valence-electron chi connectivity index (χ2n) is 3.67. The fourth-order valence-corrected chi connectivity index (χ4v) is 1.73. The Balaban J connectivity index is 1.99. The Morgan fingerprint density at radius 1 is 1.50 bits per heavy atom. The van der Waals surface area contributed by atoms with Crippen LogP contribution in [0, 0.1) is 5.92 Å². The van der Waals surface area contributed by atoms with Crippen molar-refractivity contribution in [2.45, 2.75) is 25.8 Å². The second kappa shape index (κ2) is 3.27. The lowest BCUT2D eigenvalue weighted by Crippen LogP contribution is -2.31. The molecule has 1 aliphatic rings. The van der Waals surface area contributed by atoms with Crippen molar-refractivity contribution in [2.24, 2.45) is 5.92 Å². The minimum absolute atomic E-state index is 0.528. The van der Waals surface area contributed by atoms with E-state index in [9.17, 15) is 0 Å². The molecule has 66 valence electrons. The molecule has 0 saturated carbocycles. The van der Waals surface area contributed by atoms with Crippen molar-refractivity contribution in [1.29, 1.82) is 0 Å². The topological polar surface area (TPSA) is 40.7 Å². The Hall–Kier alpha value is -0.830. The van der Waals surface area contributed by atoms with E-state index in [1.165, 1.54) is 18.4 Å². The number of nitrogens with zero attached hydrogens (tertiary/aromatic N) is 1. The van der Waals surface area contributed by atoms with E-state index in [0.29, 0.717) is 6.04 Å². The zero-order chi connectivity index (χ0) is 8.39. The molecule has 1 aliphatic heterocycles. The molecule has 0 bridgehead atoms. The highest BCUT2D eigenvalue weighted by Crippen LogP contribution is 2.24. The minimum atomic E-state index is 0.528. The molecule has 1 fully saturated rings. The van der Waals surface area contributed by atoms with E-state index in [1.54, 1.807) is 0 Å². The lowest BCUT2D eigenvalue weighted by molar-refractivity contribution is 0.333. The predicted molar refractivity (Wildman–Crippen MR) is 47.7 cm³/mol. The molecule has 0 aliphatic carbocycles. The van der Waals surface area contributed by atoms with Crippen LogP contribution in [-0.2, 0) is 0 Å². The molecule has 1 aromatic heterocycles. The van der Waals surface area contributed by atoms with Crippen LogP contribution in [0.4, 0.5) is 0 Å². The van der Waals surface area contributed by atoms with E-state index in [4.69, 9.17) is 0 Å². The summed E-state index contributed by atoms with van der Waals surface area (Å²) in [5, 5.41) is 10.3. The van der Waals surface area contributed by atoms with Gasteiger partial charge in [0.1, 0.15) is 0 Å². The molecule has 1 unspecified atom stereocenters. The summed E-state index contributed by atoms with van der Waals surface area (Å²) in [6.07, 6.45) is 6.45. The van der Waals surface area contributed by atoms with Gasteiger partial charge in [0.2, 0.25) is 0 Å². The summed E-state index contributed by atoms with van der Waals surface area (Å²) in [6.45, 7) is 3.43. The van der Waals surface area contributed by atoms with Gasteiger partial charge in [0.25, 0.3) is 0 Å². The monoisotopic (exact) mass is 165 g/mol. The van der Waals surface area contributed by atoms with Gasteiger partial charge < -0.3 is 5.32 Å². The summed E-state index contributed by atoms with van der Waals surface area (Å²) in [6, 6.07) is 0.528. The van der Waals surface area contributed by atoms with Crippen molar-refractivity contribution >= 4 is 0 Å². The maximum absolute atomic E-state index is 3.95. The molecule has 0 aromatic carbocycles. The van der Waals surface area contributed by atoms with Crippen LogP contribution in [-0.4, -0.2) is 16.7 Å². The lowest BCUT2D eigenvalue weighted by Gasteiger charge is -2.26. The number of aromatic nitrogens is 2. The quantitative estimate of drug-likeness (QED) is 0.661. The van der Waals surface area contributed by atoms with Crippen molar-refractivity contribution in [2.75, 3.05) is 6.54 Å². The first kappa shape index (κ1) is 7.80. The van der Waals surface area contributed by atoms with Crippen LogP contribution in [0.5, 0.6) is 0 Å². The molecule has 0 amide bonds. The van der Waals surface area contributed by atoms with E-state index in [1.807, 2.05) is 12.4 Å². The highest BCUT2D eigenvalue weighted by atomic mass is 15.1. The number of H-pyrrole nitrogens is 1. The van der Waals surface area contributed by atoms with Crippen molar-refractivity contribution in [1.82, 2.24) is 15.5 Å². The normalized spacial score (nSPS) is 30.4. The number of hydrogen-bond acceptors (Lipinski definition) is 2. The molecule has 3 heteroatoms. The average Bonchev–Trinajstić information content (AvgIpc) is 2.58. The number of hydrogen-bond donors (Lipinski definition) is 2. The SMILES string of the molecule is CC1CC[C@@H](c2cn[nH]c2)NC1. The van der Waals surface area contributed by atoms with Gasteiger partial charge in [0.15, 0.2) is 0 Å². The molecule has 0 radical (unpaired) electrons. The third kappa shape index (κ3) is 1.50. The average molecular weight is 165 g/mol.